The molecule has 1 aromatic heterocycles. The quantitative estimate of drug-likeness (QED) is 0.880. The molecule has 1 atom stereocenters. The number of rotatable bonds is 3. The molecule has 0 aliphatic carbocycles. The van der Waals surface area contributed by atoms with Gasteiger partial charge in [-0.1, -0.05) is 19.1 Å². The average Bonchev–Trinajstić information content (AvgIpc) is 2.42. The molecule has 8 heteroatoms. The zero-order valence-electron chi connectivity index (χ0n) is 11.7. The van der Waals surface area contributed by atoms with Crippen molar-refractivity contribution in [3.8, 4) is 0 Å². The molecule has 1 unspecified atom stereocenters. The number of Topliss-reactive ketones (excluding diaryl/α,β-unsaturated/α-hetero) is 1. The van der Waals surface area contributed by atoms with E-state index in [0.717, 1.165) is 19.1 Å². The number of ketones is 1. The molecule has 0 radical (unpaired) electrons. The summed E-state index contributed by atoms with van der Waals surface area (Å²) in [6.07, 6.45) is -4.68. The fourth-order valence-electron chi connectivity index (χ4n) is 2.23. The van der Waals surface area contributed by atoms with Gasteiger partial charge in [-0.05, 0) is 13.0 Å². The van der Waals surface area contributed by atoms with Gasteiger partial charge in [0.25, 0.3) is 5.56 Å². The van der Waals surface area contributed by atoms with Gasteiger partial charge in [-0.15, -0.1) is 0 Å². The summed E-state index contributed by atoms with van der Waals surface area (Å²) in [6.45, 7) is 2.67. The summed E-state index contributed by atoms with van der Waals surface area (Å²) >= 11 is 0. The van der Waals surface area contributed by atoms with Crippen molar-refractivity contribution in [2.75, 3.05) is 5.75 Å². The highest BCUT2D eigenvalue weighted by Crippen LogP contribution is 2.35. The number of H-pyrrole nitrogens is 1. The van der Waals surface area contributed by atoms with Crippen molar-refractivity contribution in [2.24, 2.45) is 0 Å². The predicted octanol–water partition coefficient (Wildman–Crippen LogP) is 2.88. The minimum atomic E-state index is -4.68. The molecule has 0 fully saturated rings. The van der Waals surface area contributed by atoms with Crippen molar-refractivity contribution in [1.82, 2.24) is 4.98 Å². The number of alkyl halides is 3. The third-order valence-electron chi connectivity index (χ3n) is 3.15. The maximum atomic E-state index is 13.1. The molecule has 1 heterocycles. The molecule has 22 heavy (non-hydrogen) atoms. The van der Waals surface area contributed by atoms with E-state index < -0.39 is 39.4 Å². The number of nitrogens with one attached hydrogen (secondary N) is 1. The third kappa shape index (κ3) is 2.70. The van der Waals surface area contributed by atoms with Crippen LogP contribution in [0.25, 0.3) is 10.9 Å². The molecule has 0 saturated carbocycles. The first-order valence-electron chi connectivity index (χ1n) is 6.34. The lowest BCUT2D eigenvalue weighted by Gasteiger charge is -2.14. The van der Waals surface area contributed by atoms with Gasteiger partial charge in [-0.25, -0.2) is 0 Å². The van der Waals surface area contributed by atoms with E-state index >= 15 is 0 Å². The van der Waals surface area contributed by atoms with Gasteiger partial charge < -0.3 is 4.98 Å². The van der Waals surface area contributed by atoms with E-state index in [9.17, 15) is 27.0 Å². The molecule has 0 aliphatic heterocycles. The molecule has 2 rings (SSSR count). The number of hydrogen-bond donors (Lipinski definition) is 1. The monoisotopic (exact) mass is 331 g/mol. The number of aromatic amines is 1. The number of fused-ring (bicyclic) bond motifs is 1. The largest absolute Gasteiger partial charge is 0.418 e. The first-order valence-corrected chi connectivity index (χ1v) is 7.65. The van der Waals surface area contributed by atoms with Gasteiger partial charge >= 0.3 is 6.18 Å². The molecule has 1 aromatic carbocycles. The number of para-hydroxylation sites is 1. The Hall–Kier alpha value is -1.96. The SMILES string of the molecule is CCS(=O)c1c(C(C)=O)c(=O)[nH]c2c(C(F)(F)F)cccc12. The summed E-state index contributed by atoms with van der Waals surface area (Å²) in [7, 11) is -1.75. The summed E-state index contributed by atoms with van der Waals surface area (Å²) < 4.78 is 51.4. The van der Waals surface area contributed by atoms with E-state index in [0.29, 0.717) is 0 Å². The van der Waals surface area contributed by atoms with Crippen molar-refractivity contribution in [1.29, 1.82) is 0 Å². The number of pyridine rings is 1. The summed E-state index contributed by atoms with van der Waals surface area (Å²) in [6, 6.07) is 3.30. The fraction of sp³-hybridized carbons (Fsp3) is 0.286. The van der Waals surface area contributed by atoms with Crippen molar-refractivity contribution in [2.45, 2.75) is 24.9 Å². The summed E-state index contributed by atoms with van der Waals surface area (Å²) in [5.41, 5.74) is -2.81. The summed E-state index contributed by atoms with van der Waals surface area (Å²) in [5, 5.41) is -0.0280. The van der Waals surface area contributed by atoms with Crippen LogP contribution in [-0.2, 0) is 17.0 Å². The second kappa shape index (κ2) is 5.68. The molecule has 118 valence electrons. The number of carbonyl (C=O) groups excluding carboxylic acids is 1. The number of benzene rings is 1. The lowest BCUT2D eigenvalue weighted by atomic mass is 10.1. The Kier molecular flexibility index (Phi) is 4.23. The maximum Gasteiger partial charge on any atom is 0.418 e. The smallest absolute Gasteiger partial charge is 0.321 e. The second-order valence-corrected chi connectivity index (χ2v) is 6.25. The molecule has 2 aromatic rings. The third-order valence-corrected chi connectivity index (χ3v) is 4.55. The van der Waals surface area contributed by atoms with Gasteiger partial charge in [0.05, 0.1) is 32.3 Å². The van der Waals surface area contributed by atoms with Gasteiger partial charge in [-0.3, -0.25) is 13.8 Å². The number of aromatic nitrogens is 1. The molecule has 0 saturated heterocycles. The highest BCUT2D eigenvalue weighted by molar-refractivity contribution is 7.85. The lowest BCUT2D eigenvalue weighted by molar-refractivity contribution is -0.136. The Morgan fingerprint density at radius 2 is 1.95 bits per heavy atom. The highest BCUT2D eigenvalue weighted by atomic mass is 32.2. The van der Waals surface area contributed by atoms with Crippen LogP contribution in [0.15, 0.2) is 27.9 Å². The van der Waals surface area contributed by atoms with Crippen LogP contribution >= 0.6 is 0 Å². The van der Waals surface area contributed by atoms with E-state index in [4.69, 9.17) is 0 Å². The standard InChI is InChI=1S/C14H12F3NO3S/c1-3-22(21)12-8-5-4-6-9(14(15,16)17)11(8)18-13(20)10(12)7(2)19/h4-6H,3H2,1-2H3,(H,18,20). The summed E-state index contributed by atoms with van der Waals surface area (Å²) in [4.78, 5) is 25.6. The van der Waals surface area contributed by atoms with E-state index in [1.165, 1.54) is 6.07 Å². The topological polar surface area (TPSA) is 67.0 Å². The molecular formula is C14H12F3NO3S. The van der Waals surface area contributed by atoms with Crippen LogP contribution in [0.5, 0.6) is 0 Å². The van der Waals surface area contributed by atoms with Crippen molar-refractivity contribution >= 4 is 27.5 Å². The molecule has 1 N–H and O–H groups in total. The molecule has 0 aliphatic rings. The van der Waals surface area contributed by atoms with Gasteiger partial charge in [0.15, 0.2) is 5.78 Å². The molecule has 0 bridgehead atoms. The first-order chi connectivity index (χ1) is 10.2. The van der Waals surface area contributed by atoms with Crippen molar-refractivity contribution in [3.63, 3.8) is 0 Å². The van der Waals surface area contributed by atoms with Crippen LogP contribution in [0.4, 0.5) is 13.2 Å². The minimum absolute atomic E-state index is 0.0280. The second-order valence-electron chi connectivity index (χ2n) is 4.57. The van der Waals surface area contributed by atoms with Crippen LogP contribution < -0.4 is 5.56 Å². The van der Waals surface area contributed by atoms with Crippen LogP contribution in [-0.4, -0.2) is 20.7 Å². The Bertz CT molecular complexity index is 840. The van der Waals surface area contributed by atoms with Crippen LogP contribution in [0.1, 0.15) is 29.8 Å². The Morgan fingerprint density at radius 3 is 2.45 bits per heavy atom. The van der Waals surface area contributed by atoms with Crippen molar-refractivity contribution < 1.29 is 22.2 Å². The number of carbonyl (C=O) groups is 1. The number of hydrogen-bond acceptors (Lipinski definition) is 3. The molecular weight excluding hydrogens is 319 g/mol. The van der Waals surface area contributed by atoms with Gasteiger partial charge in [0, 0.05) is 11.1 Å². The van der Waals surface area contributed by atoms with E-state index in [-0.39, 0.29) is 21.6 Å². The fourth-order valence-corrected chi connectivity index (χ4v) is 3.39. The van der Waals surface area contributed by atoms with E-state index in [1.807, 2.05) is 0 Å². The maximum absolute atomic E-state index is 13.1. The van der Waals surface area contributed by atoms with Crippen molar-refractivity contribution in [3.05, 3.63) is 39.7 Å². The average molecular weight is 331 g/mol. The van der Waals surface area contributed by atoms with Crippen LogP contribution in [0.2, 0.25) is 0 Å². The zero-order valence-corrected chi connectivity index (χ0v) is 12.5. The van der Waals surface area contributed by atoms with Gasteiger partial charge in [0.1, 0.15) is 0 Å². The van der Waals surface area contributed by atoms with Crippen LogP contribution in [0.3, 0.4) is 0 Å². The van der Waals surface area contributed by atoms with Crippen LogP contribution in [0, 0.1) is 0 Å². The normalized spacial score (nSPS) is 13.3. The Labute approximate surface area is 125 Å². The van der Waals surface area contributed by atoms with E-state index in [1.54, 1.807) is 6.92 Å². The summed E-state index contributed by atoms with van der Waals surface area (Å²) in [5.74, 6) is -0.563. The van der Waals surface area contributed by atoms with E-state index in [2.05, 4.69) is 4.98 Å². The lowest BCUT2D eigenvalue weighted by Crippen LogP contribution is -2.22. The highest BCUT2D eigenvalue weighted by Gasteiger charge is 2.34. The van der Waals surface area contributed by atoms with Gasteiger partial charge in [-0.2, -0.15) is 13.2 Å². The predicted molar refractivity (Wildman–Crippen MR) is 76.5 cm³/mol. The number of halogens is 3. The Morgan fingerprint density at radius 1 is 1.32 bits per heavy atom. The molecule has 4 nitrogen and oxygen atoms in total. The first kappa shape index (κ1) is 16.4. The van der Waals surface area contributed by atoms with Gasteiger partial charge in [0.2, 0.25) is 0 Å². The zero-order chi connectivity index (χ0) is 16.7. The molecule has 0 amide bonds. The Balaban J connectivity index is 3.05. The molecule has 0 spiro atoms. The minimum Gasteiger partial charge on any atom is -0.321 e.